The molecule has 0 aliphatic rings. The molecule has 0 amide bonds. The van der Waals surface area contributed by atoms with Crippen LogP contribution in [0.4, 0.5) is 0 Å². The molecule has 25 heavy (non-hydrogen) atoms. The van der Waals surface area contributed by atoms with E-state index < -0.39 is 0 Å². The van der Waals surface area contributed by atoms with Crippen LogP contribution in [0.5, 0.6) is 11.5 Å². The Kier molecular flexibility index (Phi) is 8.98. The fourth-order valence-electron chi connectivity index (χ4n) is 2.31. The van der Waals surface area contributed by atoms with E-state index in [1.807, 2.05) is 25.1 Å². The predicted molar refractivity (Wildman–Crippen MR) is 114 cm³/mol. The van der Waals surface area contributed by atoms with Gasteiger partial charge >= 0.3 is 0 Å². The maximum atomic E-state index is 5.91. The van der Waals surface area contributed by atoms with Crippen LogP contribution < -0.4 is 20.5 Å². The van der Waals surface area contributed by atoms with Crippen LogP contribution in [-0.2, 0) is 13.0 Å². The van der Waals surface area contributed by atoms with E-state index >= 15 is 0 Å². The van der Waals surface area contributed by atoms with Crippen LogP contribution >= 0.6 is 35.3 Å². The maximum Gasteiger partial charge on any atom is 0.188 e. The molecule has 0 fully saturated rings. The average Bonchev–Trinajstić information content (AvgIpc) is 2.90. The standard InChI is InChI=1S/C17H24N4O2S.HI/c1-11-14(21-12(2)24-11)10-20-17(18)19-8-7-13-5-6-15(22-3)16(9-13)23-4;/h5-6,9H,7-8,10H2,1-4H3,(H3,18,19,20);1H. The van der Waals surface area contributed by atoms with Crippen molar-refractivity contribution >= 4 is 41.3 Å². The molecule has 3 N–H and O–H groups in total. The number of aliphatic imine (C=N–C) groups is 1. The van der Waals surface area contributed by atoms with E-state index in [1.165, 1.54) is 4.88 Å². The number of nitrogens with one attached hydrogen (secondary N) is 1. The van der Waals surface area contributed by atoms with Gasteiger partial charge < -0.3 is 20.5 Å². The van der Waals surface area contributed by atoms with Crippen LogP contribution in [-0.4, -0.2) is 31.7 Å². The molecule has 0 atom stereocenters. The minimum Gasteiger partial charge on any atom is -0.493 e. The van der Waals surface area contributed by atoms with Crippen LogP contribution in [0.1, 0.15) is 21.1 Å². The lowest BCUT2D eigenvalue weighted by Crippen LogP contribution is -2.33. The molecule has 1 aromatic heterocycles. The Hall–Kier alpha value is -1.55. The first kappa shape index (κ1) is 21.5. The van der Waals surface area contributed by atoms with Crippen molar-refractivity contribution in [2.75, 3.05) is 20.8 Å². The zero-order valence-electron chi connectivity index (χ0n) is 15.0. The average molecular weight is 476 g/mol. The van der Waals surface area contributed by atoms with Crippen LogP contribution in [0.15, 0.2) is 23.2 Å². The topological polar surface area (TPSA) is 81.8 Å². The van der Waals surface area contributed by atoms with Crippen LogP contribution in [0.2, 0.25) is 0 Å². The lowest BCUT2D eigenvalue weighted by atomic mass is 10.1. The molecule has 1 aromatic carbocycles. The van der Waals surface area contributed by atoms with Crippen molar-refractivity contribution in [2.24, 2.45) is 10.7 Å². The van der Waals surface area contributed by atoms with Gasteiger partial charge in [0.1, 0.15) is 0 Å². The molecule has 0 bridgehead atoms. The van der Waals surface area contributed by atoms with E-state index in [2.05, 4.69) is 22.2 Å². The highest BCUT2D eigenvalue weighted by atomic mass is 127. The summed E-state index contributed by atoms with van der Waals surface area (Å²) in [6, 6.07) is 5.88. The predicted octanol–water partition coefficient (Wildman–Crippen LogP) is 3.04. The van der Waals surface area contributed by atoms with E-state index in [0.717, 1.165) is 34.2 Å². The third-order valence-corrected chi connectivity index (χ3v) is 4.50. The van der Waals surface area contributed by atoms with Crippen molar-refractivity contribution in [1.29, 1.82) is 0 Å². The molecule has 2 aromatic rings. The summed E-state index contributed by atoms with van der Waals surface area (Å²) >= 11 is 1.68. The second-order valence-corrected chi connectivity index (χ2v) is 6.71. The van der Waals surface area contributed by atoms with Gasteiger partial charge in [-0.2, -0.15) is 0 Å². The molecule has 8 heteroatoms. The van der Waals surface area contributed by atoms with Gasteiger partial charge in [-0.3, -0.25) is 0 Å². The van der Waals surface area contributed by atoms with Crippen molar-refractivity contribution in [3.05, 3.63) is 39.3 Å². The van der Waals surface area contributed by atoms with Crippen molar-refractivity contribution in [1.82, 2.24) is 10.3 Å². The van der Waals surface area contributed by atoms with Gasteiger partial charge in [-0.15, -0.1) is 35.3 Å². The Bertz CT molecular complexity index is 719. The van der Waals surface area contributed by atoms with E-state index in [1.54, 1.807) is 25.6 Å². The SMILES string of the molecule is COc1ccc(CCNC(N)=NCc2nc(C)sc2C)cc1OC.I. The molecular weight excluding hydrogens is 451 g/mol. The number of hydrogen-bond acceptors (Lipinski definition) is 5. The zero-order valence-corrected chi connectivity index (χ0v) is 18.1. The first-order valence-electron chi connectivity index (χ1n) is 7.71. The van der Waals surface area contributed by atoms with Gasteiger partial charge in [0.05, 0.1) is 31.5 Å². The number of ether oxygens (including phenoxy) is 2. The van der Waals surface area contributed by atoms with Gasteiger partial charge in [0.2, 0.25) is 0 Å². The second kappa shape index (κ2) is 10.4. The minimum atomic E-state index is 0. The van der Waals surface area contributed by atoms with Crippen molar-refractivity contribution in [3.63, 3.8) is 0 Å². The third-order valence-electron chi connectivity index (χ3n) is 3.57. The fourth-order valence-corrected chi connectivity index (χ4v) is 3.13. The summed E-state index contributed by atoms with van der Waals surface area (Å²) in [5.74, 6) is 1.88. The lowest BCUT2D eigenvalue weighted by molar-refractivity contribution is 0.354. The van der Waals surface area contributed by atoms with E-state index in [-0.39, 0.29) is 24.0 Å². The van der Waals surface area contributed by atoms with E-state index in [9.17, 15) is 0 Å². The van der Waals surface area contributed by atoms with Crippen LogP contribution in [0.3, 0.4) is 0 Å². The Morgan fingerprint density at radius 3 is 2.56 bits per heavy atom. The molecule has 0 spiro atoms. The highest BCUT2D eigenvalue weighted by Gasteiger charge is 2.05. The molecule has 6 nitrogen and oxygen atoms in total. The number of nitrogens with zero attached hydrogens (tertiary/aromatic N) is 2. The highest BCUT2D eigenvalue weighted by Crippen LogP contribution is 2.27. The number of guanidine groups is 1. The molecule has 2 rings (SSSR count). The summed E-state index contributed by atoms with van der Waals surface area (Å²) in [6.45, 7) is 5.25. The van der Waals surface area contributed by atoms with Gasteiger partial charge in [0.25, 0.3) is 0 Å². The Morgan fingerprint density at radius 2 is 1.96 bits per heavy atom. The quantitative estimate of drug-likeness (QED) is 0.365. The Morgan fingerprint density at radius 1 is 1.24 bits per heavy atom. The molecule has 0 aliphatic carbocycles. The number of benzene rings is 1. The molecule has 0 aliphatic heterocycles. The Balaban J connectivity index is 0.00000312. The van der Waals surface area contributed by atoms with E-state index in [0.29, 0.717) is 19.0 Å². The second-order valence-electron chi connectivity index (χ2n) is 5.30. The normalized spacial score (nSPS) is 11.0. The number of aryl methyl sites for hydroxylation is 2. The zero-order chi connectivity index (χ0) is 17.5. The summed E-state index contributed by atoms with van der Waals surface area (Å²) < 4.78 is 10.5. The summed E-state index contributed by atoms with van der Waals surface area (Å²) in [6.07, 6.45) is 0.811. The molecule has 1 heterocycles. The lowest BCUT2D eigenvalue weighted by Gasteiger charge is -2.10. The van der Waals surface area contributed by atoms with Crippen molar-refractivity contribution in [2.45, 2.75) is 26.8 Å². The first-order valence-corrected chi connectivity index (χ1v) is 8.52. The van der Waals surface area contributed by atoms with Crippen LogP contribution in [0.25, 0.3) is 0 Å². The van der Waals surface area contributed by atoms with Gasteiger partial charge in [-0.05, 0) is 38.0 Å². The van der Waals surface area contributed by atoms with Gasteiger partial charge in [0, 0.05) is 11.4 Å². The largest absolute Gasteiger partial charge is 0.493 e. The number of methoxy groups -OCH3 is 2. The van der Waals surface area contributed by atoms with E-state index in [4.69, 9.17) is 15.2 Å². The summed E-state index contributed by atoms with van der Waals surface area (Å²) in [4.78, 5) is 9.98. The monoisotopic (exact) mass is 476 g/mol. The fraction of sp³-hybridized carbons (Fsp3) is 0.412. The number of aromatic nitrogens is 1. The van der Waals surface area contributed by atoms with Gasteiger partial charge in [-0.25, -0.2) is 9.98 Å². The summed E-state index contributed by atoms with van der Waals surface area (Å²) in [7, 11) is 3.26. The number of hydrogen-bond donors (Lipinski definition) is 2. The smallest absolute Gasteiger partial charge is 0.188 e. The Labute approximate surface area is 169 Å². The molecule has 138 valence electrons. The molecule has 0 saturated heterocycles. The third kappa shape index (κ3) is 6.35. The van der Waals surface area contributed by atoms with Crippen molar-refractivity contribution < 1.29 is 9.47 Å². The molecule has 0 radical (unpaired) electrons. The molecular formula is C17H25IN4O2S. The first-order chi connectivity index (χ1) is 11.5. The maximum absolute atomic E-state index is 5.91. The van der Waals surface area contributed by atoms with Crippen LogP contribution in [0, 0.1) is 13.8 Å². The minimum absolute atomic E-state index is 0. The van der Waals surface area contributed by atoms with Gasteiger partial charge in [-0.1, -0.05) is 6.07 Å². The number of halogens is 1. The summed E-state index contributed by atoms with van der Waals surface area (Å²) in [5, 5.41) is 4.18. The number of thiazole rings is 1. The highest BCUT2D eigenvalue weighted by molar-refractivity contribution is 14.0. The van der Waals surface area contributed by atoms with Gasteiger partial charge in [0.15, 0.2) is 17.5 Å². The number of nitrogens with two attached hydrogens (primary N) is 1. The summed E-state index contributed by atoms with van der Waals surface area (Å²) in [5.41, 5.74) is 8.04. The van der Waals surface area contributed by atoms with Crippen molar-refractivity contribution in [3.8, 4) is 11.5 Å². The molecule has 0 saturated carbocycles. The molecule has 0 unspecified atom stereocenters. The number of rotatable bonds is 7.